The summed E-state index contributed by atoms with van der Waals surface area (Å²) in [6.45, 7) is 17.4. The molecule has 5 aliphatic rings. The van der Waals surface area contributed by atoms with Crippen molar-refractivity contribution in [3.8, 4) is 0 Å². The molecule has 5 rings (SSSR count). The molecule has 37 heavy (non-hydrogen) atoms. The third-order valence-electron chi connectivity index (χ3n) is 13.3. The second-order valence-electron chi connectivity index (χ2n) is 15.5. The van der Waals surface area contributed by atoms with Crippen molar-refractivity contribution >= 4 is 17.7 Å². The number of aliphatic carboxylic acids is 1. The van der Waals surface area contributed by atoms with Gasteiger partial charge in [0.25, 0.3) is 0 Å². The predicted octanol–water partition coefficient (Wildman–Crippen LogP) is 6.98. The van der Waals surface area contributed by atoms with Gasteiger partial charge in [-0.2, -0.15) is 0 Å². The molecule has 206 valence electrons. The number of carboxylic acid groups (broad SMARTS) is 1. The number of hydrogen-bond donors (Lipinski definition) is 1. The SMILES string of the molecule is CC(=O)O[C@@H]1CC[C@@]2(C)[C@H]3C(=O)C=C4[C@@H]5C[C@@](C)(C(=O)O)CC[C@@]5(C)CC[C@]4(C)[C@@]3(C)CC[C@H]2C1(C)C. The van der Waals surface area contributed by atoms with E-state index in [1.54, 1.807) is 0 Å². The number of carbonyl (C=O) groups excluding carboxylic acids is 2. The number of ether oxygens (including phenoxy) is 1. The number of rotatable bonds is 2. The maximum Gasteiger partial charge on any atom is 0.309 e. The number of esters is 1. The summed E-state index contributed by atoms with van der Waals surface area (Å²) >= 11 is 0. The van der Waals surface area contributed by atoms with Crippen LogP contribution in [0, 0.1) is 50.2 Å². The van der Waals surface area contributed by atoms with E-state index in [-0.39, 0.29) is 56.8 Å². The largest absolute Gasteiger partial charge is 0.481 e. The minimum Gasteiger partial charge on any atom is -0.481 e. The monoisotopic (exact) mass is 512 g/mol. The third-order valence-corrected chi connectivity index (χ3v) is 13.3. The van der Waals surface area contributed by atoms with Gasteiger partial charge in [-0.3, -0.25) is 14.4 Å². The number of hydrogen-bond acceptors (Lipinski definition) is 4. The summed E-state index contributed by atoms with van der Waals surface area (Å²) in [7, 11) is 0. The molecule has 0 spiro atoms. The smallest absolute Gasteiger partial charge is 0.309 e. The molecule has 0 aromatic carbocycles. The lowest BCUT2D eigenvalue weighted by atomic mass is 9.33. The summed E-state index contributed by atoms with van der Waals surface area (Å²) in [5.74, 6) is -0.280. The zero-order chi connectivity index (χ0) is 27.4. The Labute approximate surface area is 223 Å². The van der Waals surface area contributed by atoms with Crippen molar-refractivity contribution < 1.29 is 24.2 Å². The molecule has 0 saturated heterocycles. The molecule has 0 heterocycles. The van der Waals surface area contributed by atoms with E-state index in [2.05, 4.69) is 41.5 Å². The van der Waals surface area contributed by atoms with Crippen molar-refractivity contribution in [3.05, 3.63) is 11.6 Å². The molecule has 0 aromatic rings. The number of fused-ring (bicyclic) bond motifs is 7. The minimum absolute atomic E-state index is 0.0644. The molecule has 1 N–H and O–H groups in total. The van der Waals surface area contributed by atoms with Gasteiger partial charge in [0.1, 0.15) is 6.10 Å². The van der Waals surface area contributed by atoms with E-state index in [0.29, 0.717) is 18.8 Å². The molecule has 4 saturated carbocycles. The van der Waals surface area contributed by atoms with Crippen LogP contribution in [0.2, 0.25) is 0 Å². The van der Waals surface area contributed by atoms with E-state index in [4.69, 9.17) is 4.74 Å². The summed E-state index contributed by atoms with van der Waals surface area (Å²) in [6, 6.07) is 0. The lowest BCUT2D eigenvalue weighted by Gasteiger charge is -2.70. The average Bonchev–Trinajstić information content (AvgIpc) is 2.78. The first kappa shape index (κ1) is 26.9. The van der Waals surface area contributed by atoms with Gasteiger partial charge in [0.2, 0.25) is 0 Å². The summed E-state index contributed by atoms with van der Waals surface area (Å²) in [5.41, 5.74) is -0.0327. The van der Waals surface area contributed by atoms with Crippen LogP contribution in [0.5, 0.6) is 0 Å². The van der Waals surface area contributed by atoms with Crippen molar-refractivity contribution in [3.63, 3.8) is 0 Å². The fourth-order valence-electron chi connectivity index (χ4n) is 10.8. The highest BCUT2D eigenvalue weighted by atomic mass is 16.5. The number of carbonyl (C=O) groups is 3. The molecule has 5 nitrogen and oxygen atoms in total. The van der Waals surface area contributed by atoms with Gasteiger partial charge in [-0.05, 0) is 104 Å². The maximum absolute atomic E-state index is 14.4. The second kappa shape index (κ2) is 7.94. The van der Waals surface area contributed by atoms with E-state index in [9.17, 15) is 19.5 Å². The molecule has 0 aromatic heterocycles. The highest BCUT2D eigenvalue weighted by molar-refractivity contribution is 5.95. The standard InChI is InChI=1S/C32H48O5/c1-19(33)37-24-10-11-30(6)23(27(24,2)3)9-12-32(8)25(30)22(34)17-20-21-18-29(5,26(35)36)14-13-28(21,4)15-16-31(20,32)7/h17,21,23-25H,9-16,18H2,1-8H3,(H,35,36)/t21-,23-,24+,25+,28-,29-,30+,31-,32-/m0/s1. The Morgan fingerprint density at radius 3 is 2.19 bits per heavy atom. The first-order valence-electron chi connectivity index (χ1n) is 14.6. The lowest BCUT2D eigenvalue weighted by molar-refractivity contribution is -0.210. The van der Waals surface area contributed by atoms with Crippen LogP contribution in [0.1, 0.15) is 113 Å². The van der Waals surface area contributed by atoms with Crippen LogP contribution in [0.25, 0.3) is 0 Å². The third kappa shape index (κ3) is 3.43. The van der Waals surface area contributed by atoms with Crippen molar-refractivity contribution in [2.45, 2.75) is 119 Å². The van der Waals surface area contributed by atoms with Gasteiger partial charge in [0.05, 0.1) is 5.41 Å². The normalized spacial score (nSPS) is 50.5. The number of carboxylic acids is 1. The van der Waals surface area contributed by atoms with E-state index >= 15 is 0 Å². The van der Waals surface area contributed by atoms with Crippen molar-refractivity contribution in [1.29, 1.82) is 0 Å². The van der Waals surface area contributed by atoms with Crippen molar-refractivity contribution in [1.82, 2.24) is 0 Å². The van der Waals surface area contributed by atoms with E-state index in [1.807, 2.05) is 13.0 Å². The van der Waals surface area contributed by atoms with Crippen LogP contribution in [-0.4, -0.2) is 28.9 Å². The molecule has 5 aliphatic carbocycles. The van der Waals surface area contributed by atoms with E-state index in [0.717, 1.165) is 44.9 Å². The summed E-state index contributed by atoms with van der Waals surface area (Å²) in [4.78, 5) is 38.5. The topological polar surface area (TPSA) is 80.7 Å². The zero-order valence-corrected chi connectivity index (χ0v) is 24.3. The van der Waals surface area contributed by atoms with Crippen molar-refractivity contribution in [2.24, 2.45) is 50.2 Å². The average molecular weight is 513 g/mol. The van der Waals surface area contributed by atoms with Crippen LogP contribution in [0.15, 0.2) is 11.6 Å². The first-order chi connectivity index (χ1) is 16.9. The predicted molar refractivity (Wildman–Crippen MR) is 143 cm³/mol. The summed E-state index contributed by atoms with van der Waals surface area (Å²) in [6.07, 6.45) is 10.0. The summed E-state index contributed by atoms with van der Waals surface area (Å²) < 4.78 is 5.82. The highest BCUT2D eigenvalue weighted by Crippen LogP contribution is 2.75. The highest BCUT2D eigenvalue weighted by Gasteiger charge is 2.70. The van der Waals surface area contributed by atoms with Gasteiger partial charge in [-0.15, -0.1) is 0 Å². The van der Waals surface area contributed by atoms with Gasteiger partial charge in [-0.25, -0.2) is 0 Å². The van der Waals surface area contributed by atoms with Crippen molar-refractivity contribution in [2.75, 3.05) is 0 Å². The van der Waals surface area contributed by atoms with Crippen LogP contribution >= 0.6 is 0 Å². The zero-order valence-electron chi connectivity index (χ0n) is 24.3. The van der Waals surface area contributed by atoms with Gasteiger partial charge < -0.3 is 9.84 Å². The lowest BCUT2D eigenvalue weighted by Crippen LogP contribution is -2.66. The van der Waals surface area contributed by atoms with Crippen LogP contribution in [-0.2, 0) is 19.1 Å². The fourth-order valence-corrected chi connectivity index (χ4v) is 10.8. The quantitative estimate of drug-likeness (QED) is 0.404. The van der Waals surface area contributed by atoms with Crippen LogP contribution in [0.4, 0.5) is 0 Å². The van der Waals surface area contributed by atoms with E-state index < -0.39 is 11.4 Å². The Morgan fingerprint density at radius 1 is 0.919 bits per heavy atom. The Bertz CT molecular complexity index is 1070. The van der Waals surface area contributed by atoms with Gasteiger partial charge in [0.15, 0.2) is 5.78 Å². The molecule has 0 aliphatic heterocycles. The Kier molecular flexibility index (Phi) is 5.78. The number of allylic oxidation sites excluding steroid dienone is 2. The minimum atomic E-state index is -0.729. The second-order valence-corrected chi connectivity index (χ2v) is 15.5. The molecule has 0 amide bonds. The Balaban J connectivity index is 1.58. The molecule has 0 bridgehead atoms. The first-order valence-corrected chi connectivity index (χ1v) is 14.6. The van der Waals surface area contributed by atoms with Gasteiger partial charge >= 0.3 is 11.9 Å². The molecule has 0 radical (unpaired) electrons. The molecule has 4 fully saturated rings. The number of ketones is 1. The molecular weight excluding hydrogens is 464 g/mol. The van der Waals surface area contributed by atoms with E-state index in [1.165, 1.54) is 12.5 Å². The van der Waals surface area contributed by atoms with Crippen LogP contribution < -0.4 is 0 Å². The Hall–Kier alpha value is -1.65. The van der Waals surface area contributed by atoms with Gasteiger partial charge in [0, 0.05) is 18.3 Å². The molecule has 0 unspecified atom stereocenters. The summed E-state index contributed by atoms with van der Waals surface area (Å²) in [5, 5.41) is 10.1. The maximum atomic E-state index is 14.4. The molecule has 9 atom stereocenters. The van der Waals surface area contributed by atoms with Gasteiger partial charge in [-0.1, -0.05) is 47.1 Å². The Morgan fingerprint density at radius 2 is 1.57 bits per heavy atom. The molecule has 5 heteroatoms. The molecular formula is C32H48O5. The van der Waals surface area contributed by atoms with Crippen LogP contribution in [0.3, 0.4) is 0 Å². The fraction of sp³-hybridized carbons (Fsp3) is 0.844.